The van der Waals surface area contributed by atoms with Gasteiger partial charge in [-0.05, 0) is 42.8 Å². The van der Waals surface area contributed by atoms with Crippen molar-refractivity contribution < 1.29 is 53.3 Å². The number of nitrogens with zero attached hydrogens (tertiary/aromatic N) is 2. The predicted octanol–water partition coefficient (Wildman–Crippen LogP) is 1.48. The molecular formula is C23H21Cl2FN3NaO4S. The van der Waals surface area contributed by atoms with Gasteiger partial charge in [0, 0.05) is 51.6 Å². The maximum atomic E-state index is 14.1. The van der Waals surface area contributed by atoms with Crippen LogP contribution in [0.1, 0.15) is 28.5 Å². The fraction of sp³-hybridized carbons (Fsp3) is 0.217. The Bertz CT molecular complexity index is 1380. The van der Waals surface area contributed by atoms with Crippen LogP contribution < -0.4 is 43.9 Å². The minimum atomic E-state index is -3.69. The molecule has 1 aliphatic heterocycles. The summed E-state index contributed by atoms with van der Waals surface area (Å²) in [6, 6.07) is 11.0. The van der Waals surface area contributed by atoms with E-state index in [1.807, 2.05) is 9.62 Å². The molecule has 0 spiro atoms. The van der Waals surface area contributed by atoms with Crippen LogP contribution in [-0.2, 0) is 29.6 Å². The number of benzene rings is 2. The van der Waals surface area contributed by atoms with E-state index in [1.54, 1.807) is 30.3 Å². The van der Waals surface area contributed by atoms with Crippen molar-refractivity contribution in [3.05, 3.63) is 86.8 Å². The minimum absolute atomic E-state index is 0. The van der Waals surface area contributed by atoms with E-state index in [1.165, 1.54) is 18.3 Å². The van der Waals surface area contributed by atoms with Crippen LogP contribution in [0.2, 0.25) is 10.0 Å². The monoisotopic (exact) mass is 547 g/mol. The number of hydrogen-bond acceptors (Lipinski definition) is 6. The number of fused-ring (bicyclic) bond motifs is 1. The van der Waals surface area contributed by atoms with Gasteiger partial charge in [0.25, 0.3) is 5.91 Å². The van der Waals surface area contributed by atoms with Crippen LogP contribution in [-0.4, -0.2) is 32.1 Å². The Morgan fingerprint density at radius 3 is 2.60 bits per heavy atom. The third-order valence-corrected chi connectivity index (χ3v) is 6.30. The first-order valence-electron chi connectivity index (χ1n) is 10.2. The third-order valence-electron chi connectivity index (χ3n) is 5.27. The first-order valence-corrected chi connectivity index (χ1v) is 12.9. The van der Waals surface area contributed by atoms with Gasteiger partial charge in [0.05, 0.1) is 6.26 Å². The van der Waals surface area contributed by atoms with Crippen molar-refractivity contribution >= 4 is 45.0 Å². The summed E-state index contributed by atoms with van der Waals surface area (Å²) in [4.78, 5) is 18.8. The fourth-order valence-corrected chi connectivity index (χ4v) is 4.56. The molecule has 0 bridgehead atoms. The van der Waals surface area contributed by atoms with Crippen LogP contribution in [0.15, 0.2) is 48.7 Å². The van der Waals surface area contributed by atoms with E-state index >= 15 is 0 Å². The van der Waals surface area contributed by atoms with Gasteiger partial charge in [-0.25, -0.2) is 22.5 Å². The molecular weight excluding hydrogens is 527 g/mol. The van der Waals surface area contributed by atoms with Crippen LogP contribution >= 0.6 is 23.2 Å². The van der Waals surface area contributed by atoms with E-state index in [0.29, 0.717) is 52.2 Å². The van der Waals surface area contributed by atoms with Crippen molar-refractivity contribution in [1.82, 2.24) is 9.71 Å². The van der Waals surface area contributed by atoms with E-state index in [0.717, 1.165) is 11.8 Å². The van der Waals surface area contributed by atoms with Gasteiger partial charge in [0.15, 0.2) is 0 Å². The molecule has 0 saturated carbocycles. The number of amides is 1. The molecule has 1 aromatic heterocycles. The van der Waals surface area contributed by atoms with E-state index in [4.69, 9.17) is 27.9 Å². The van der Waals surface area contributed by atoms with Crippen molar-refractivity contribution in [2.45, 2.75) is 19.6 Å². The van der Waals surface area contributed by atoms with Crippen LogP contribution in [0.5, 0.6) is 5.75 Å². The molecule has 1 amide bonds. The zero-order valence-corrected chi connectivity index (χ0v) is 23.3. The average Bonchev–Trinajstić information content (AvgIpc) is 3.16. The molecule has 0 atom stereocenters. The van der Waals surface area contributed by atoms with Crippen molar-refractivity contribution in [1.29, 1.82) is 0 Å². The number of aromatic nitrogens is 1. The van der Waals surface area contributed by atoms with Crippen LogP contribution in [0, 0.1) is 5.82 Å². The Morgan fingerprint density at radius 1 is 1.17 bits per heavy atom. The number of ether oxygens (including phenoxy) is 1. The Kier molecular flexibility index (Phi) is 9.06. The standard InChI is InChI=1S/C23H20Cl2FN3O4S.Na.H/c1-34(31,32)28-23(30)19-6-8-27-22-18(19)7-9-29(22)12-15-10-16(24)4-5-21(15)33-13-14-2-3-17(25)11-20(14)26;;/h2-6,8,10-11H,7,9,12-13H2,1H3,(H,28,30);;/q;+1;-1. The second kappa shape index (κ2) is 11.5. The normalized spacial score (nSPS) is 12.6. The zero-order valence-electron chi connectivity index (χ0n) is 20.0. The summed E-state index contributed by atoms with van der Waals surface area (Å²) in [7, 11) is -3.69. The van der Waals surface area contributed by atoms with E-state index in [9.17, 15) is 17.6 Å². The van der Waals surface area contributed by atoms with Gasteiger partial charge < -0.3 is 11.1 Å². The SMILES string of the molecule is CS(=O)(=O)NC(=O)c1ccnc2c1CCN2Cc1cc(Cl)ccc1OCc1ccc(Cl)cc1F.[H-].[Na+]. The Hall–Kier alpha value is -1.88. The van der Waals surface area contributed by atoms with Gasteiger partial charge in [0.1, 0.15) is 24.0 Å². The number of carbonyl (C=O) groups is 1. The molecule has 3 aromatic rings. The van der Waals surface area contributed by atoms with Gasteiger partial charge in [-0.1, -0.05) is 29.3 Å². The zero-order chi connectivity index (χ0) is 24.5. The molecule has 2 aromatic carbocycles. The van der Waals surface area contributed by atoms with Gasteiger partial charge in [-0.2, -0.15) is 0 Å². The summed E-state index contributed by atoms with van der Waals surface area (Å²) >= 11 is 12.0. The molecule has 1 aliphatic rings. The molecule has 1 N–H and O–H groups in total. The molecule has 7 nitrogen and oxygen atoms in total. The summed E-state index contributed by atoms with van der Waals surface area (Å²) in [6.07, 6.45) is 2.91. The maximum Gasteiger partial charge on any atom is 1.00 e. The molecule has 0 unspecified atom stereocenters. The summed E-state index contributed by atoms with van der Waals surface area (Å²) < 4.78 is 45.0. The van der Waals surface area contributed by atoms with Crippen LogP contribution in [0.25, 0.3) is 0 Å². The Labute approximate surface area is 236 Å². The summed E-state index contributed by atoms with van der Waals surface area (Å²) in [5.74, 6) is -0.0469. The van der Waals surface area contributed by atoms with Gasteiger partial charge in [0.2, 0.25) is 10.0 Å². The molecule has 4 rings (SSSR count). The number of pyridine rings is 1. The molecule has 0 aliphatic carbocycles. The molecule has 0 radical (unpaired) electrons. The molecule has 0 fully saturated rings. The van der Waals surface area contributed by atoms with Crippen LogP contribution in [0.3, 0.4) is 0 Å². The van der Waals surface area contributed by atoms with Gasteiger partial charge in [-0.15, -0.1) is 0 Å². The van der Waals surface area contributed by atoms with E-state index in [2.05, 4.69) is 4.98 Å². The van der Waals surface area contributed by atoms with Crippen molar-refractivity contribution in [2.75, 3.05) is 17.7 Å². The third kappa shape index (κ3) is 6.87. The number of hydrogen-bond donors (Lipinski definition) is 1. The number of carbonyl (C=O) groups excluding carboxylic acids is 1. The number of nitrogens with one attached hydrogen (secondary N) is 1. The molecule has 12 heteroatoms. The summed E-state index contributed by atoms with van der Waals surface area (Å²) in [6.45, 7) is 0.932. The summed E-state index contributed by atoms with van der Waals surface area (Å²) in [5, 5.41) is 0.812. The predicted molar refractivity (Wildman–Crippen MR) is 130 cm³/mol. The molecule has 35 heavy (non-hydrogen) atoms. The quantitative estimate of drug-likeness (QED) is 0.451. The number of sulfonamides is 1. The fourth-order valence-electron chi connectivity index (χ4n) is 3.76. The van der Waals surface area contributed by atoms with E-state index < -0.39 is 21.7 Å². The Morgan fingerprint density at radius 2 is 1.89 bits per heavy atom. The number of anilines is 1. The minimum Gasteiger partial charge on any atom is -1.00 e. The van der Waals surface area contributed by atoms with Crippen molar-refractivity contribution in [3.8, 4) is 5.75 Å². The van der Waals surface area contributed by atoms with Crippen LogP contribution in [0.4, 0.5) is 10.2 Å². The maximum absolute atomic E-state index is 14.1. The topological polar surface area (TPSA) is 88.6 Å². The average molecular weight is 548 g/mol. The smallest absolute Gasteiger partial charge is 1.00 e. The van der Waals surface area contributed by atoms with Gasteiger partial charge in [-0.3, -0.25) is 4.79 Å². The molecule has 0 saturated heterocycles. The largest absolute Gasteiger partial charge is 1.00 e. The first kappa shape index (κ1) is 27.7. The molecule has 180 valence electrons. The second-order valence-corrected chi connectivity index (χ2v) is 10.4. The summed E-state index contributed by atoms with van der Waals surface area (Å²) in [5.41, 5.74) is 2.04. The van der Waals surface area contributed by atoms with Crippen molar-refractivity contribution in [2.24, 2.45) is 0 Å². The van der Waals surface area contributed by atoms with Crippen molar-refractivity contribution in [3.63, 3.8) is 0 Å². The number of halogens is 3. The Balaban J connectivity index is 0.00000228. The second-order valence-electron chi connectivity index (χ2n) is 7.81. The first-order chi connectivity index (χ1) is 16.1. The molecule has 2 heterocycles. The van der Waals surface area contributed by atoms with Gasteiger partial charge >= 0.3 is 29.6 Å². The number of rotatable bonds is 7. The van der Waals surface area contributed by atoms with E-state index in [-0.39, 0.29) is 43.2 Å².